The van der Waals surface area contributed by atoms with Crippen molar-refractivity contribution >= 4 is 17.2 Å². The molecule has 24 heavy (non-hydrogen) atoms. The van der Waals surface area contributed by atoms with Crippen LogP contribution in [0.2, 0.25) is 0 Å². The van der Waals surface area contributed by atoms with Gasteiger partial charge < -0.3 is 14.8 Å². The number of piperazine rings is 1. The Hall–Kier alpha value is -1.70. The molecule has 1 atom stereocenters. The molecule has 7 heteroatoms. The highest BCUT2D eigenvalue weighted by Crippen LogP contribution is 2.25. The molecule has 2 aliphatic rings. The van der Waals surface area contributed by atoms with E-state index in [9.17, 15) is 4.79 Å². The largest absolute Gasteiger partial charge is 0.337 e. The number of aryl methyl sites for hydroxylation is 1. The van der Waals surface area contributed by atoms with Crippen molar-refractivity contribution in [2.45, 2.75) is 19.0 Å². The lowest BCUT2D eigenvalue weighted by Crippen LogP contribution is -2.51. The topological polar surface area (TPSA) is 53.4 Å². The molecule has 128 valence electrons. The van der Waals surface area contributed by atoms with E-state index < -0.39 is 0 Å². The summed E-state index contributed by atoms with van der Waals surface area (Å²) in [6.07, 6.45) is 4.78. The maximum absolute atomic E-state index is 12.8. The monoisotopic (exact) mass is 345 g/mol. The Morgan fingerprint density at radius 3 is 3.21 bits per heavy atom. The van der Waals surface area contributed by atoms with Gasteiger partial charge in [0.1, 0.15) is 5.82 Å². The van der Waals surface area contributed by atoms with Crippen LogP contribution in [0.3, 0.4) is 0 Å². The molecular weight excluding hydrogens is 322 g/mol. The SMILES string of the molecule is Cn1ccnc1C1CNCCN1CC(=O)N1CCc2sccc2C1. The number of rotatable bonds is 3. The fraction of sp³-hybridized carbons (Fsp3) is 0.529. The van der Waals surface area contributed by atoms with E-state index in [2.05, 4.69) is 26.6 Å². The summed E-state index contributed by atoms with van der Waals surface area (Å²) in [6.45, 7) is 4.71. The van der Waals surface area contributed by atoms with Crippen LogP contribution in [0.4, 0.5) is 0 Å². The van der Waals surface area contributed by atoms with Crippen LogP contribution in [0.1, 0.15) is 22.3 Å². The van der Waals surface area contributed by atoms with Crippen molar-refractivity contribution in [2.24, 2.45) is 7.05 Å². The first-order valence-electron chi connectivity index (χ1n) is 8.47. The first-order chi connectivity index (χ1) is 11.7. The molecule has 0 spiro atoms. The van der Waals surface area contributed by atoms with Gasteiger partial charge in [0.2, 0.25) is 5.91 Å². The van der Waals surface area contributed by atoms with E-state index in [1.807, 2.05) is 40.2 Å². The highest BCUT2D eigenvalue weighted by molar-refractivity contribution is 7.10. The summed E-state index contributed by atoms with van der Waals surface area (Å²) in [5.74, 6) is 1.25. The zero-order valence-corrected chi connectivity index (χ0v) is 14.8. The predicted molar refractivity (Wildman–Crippen MR) is 93.8 cm³/mol. The summed E-state index contributed by atoms with van der Waals surface area (Å²) in [7, 11) is 2.01. The minimum Gasteiger partial charge on any atom is -0.337 e. The molecule has 2 aliphatic heterocycles. The van der Waals surface area contributed by atoms with Crippen molar-refractivity contribution < 1.29 is 4.79 Å². The van der Waals surface area contributed by atoms with Crippen LogP contribution in [-0.4, -0.2) is 58.0 Å². The first-order valence-corrected chi connectivity index (χ1v) is 9.35. The number of carbonyl (C=O) groups excluding carboxylic acids is 1. The second kappa shape index (κ2) is 6.66. The molecule has 0 saturated carbocycles. The van der Waals surface area contributed by atoms with Crippen LogP contribution in [0.5, 0.6) is 0 Å². The molecule has 4 heterocycles. The zero-order chi connectivity index (χ0) is 16.5. The number of hydrogen-bond acceptors (Lipinski definition) is 5. The molecule has 1 fully saturated rings. The Morgan fingerprint density at radius 1 is 1.46 bits per heavy atom. The lowest BCUT2D eigenvalue weighted by Gasteiger charge is -2.37. The number of thiophene rings is 1. The van der Waals surface area contributed by atoms with Gasteiger partial charge in [-0.2, -0.15) is 0 Å². The molecule has 1 unspecified atom stereocenters. The smallest absolute Gasteiger partial charge is 0.237 e. The molecule has 4 rings (SSSR count). The number of fused-ring (bicyclic) bond motifs is 1. The summed E-state index contributed by atoms with van der Waals surface area (Å²) >= 11 is 1.81. The number of aromatic nitrogens is 2. The molecule has 0 radical (unpaired) electrons. The van der Waals surface area contributed by atoms with Gasteiger partial charge in [0, 0.05) is 57.0 Å². The third-order valence-electron chi connectivity index (χ3n) is 5.01. The van der Waals surface area contributed by atoms with Gasteiger partial charge in [-0.05, 0) is 23.4 Å². The van der Waals surface area contributed by atoms with Gasteiger partial charge in [-0.25, -0.2) is 4.98 Å². The van der Waals surface area contributed by atoms with Gasteiger partial charge in [-0.15, -0.1) is 11.3 Å². The third kappa shape index (κ3) is 2.99. The average Bonchev–Trinajstić information content (AvgIpc) is 3.23. The quantitative estimate of drug-likeness (QED) is 0.902. The Morgan fingerprint density at radius 2 is 2.38 bits per heavy atom. The lowest BCUT2D eigenvalue weighted by molar-refractivity contribution is -0.134. The molecular formula is C17H23N5OS. The van der Waals surface area contributed by atoms with E-state index in [4.69, 9.17) is 0 Å². The van der Waals surface area contributed by atoms with E-state index in [0.717, 1.165) is 45.0 Å². The standard InChI is InChI=1S/C17H23N5OS/c1-20-7-5-19-17(20)14-10-18-4-8-21(14)12-16(23)22-6-2-15-13(11-22)3-9-24-15/h3,5,7,9,14,18H,2,4,6,8,10-12H2,1H3. The van der Waals surface area contributed by atoms with Crippen molar-refractivity contribution in [3.05, 3.63) is 40.1 Å². The molecule has 2 aromatic rings. The maximum atomic E-state index is 12.8. The van der Waals surface area contributed by atoms with Crippen molar-refractivity contribution in [1.82, 2.24) is 24.7 Å². The first kappa shape index (κ1) is 15.8. The van der Waals surface area contributed by atoms with Crippen molar-refractivity contribution in [3.8, 4) is 0 Å². The predicted octanol–water partition coefficient (Wildman–Crippen LogP) is 1.01. The molecule has 6 nitrogen and oxygen atoms in total. The van der Waals surface area contributed by atoms with Crippen LogP contribution in [-0.2, 0) is 24.8 Å². The average molecular weight is 345 g/mol. The van der Waals surface area contributed by atoms with Gasteiger partial charge in [0.15, 0.2) is 0 Å². The van der Waals surface area contributed by atoms with Gasteiger partial charge in [-0.1, -0.05) is 0 Å². The number of nitrogens with one attached hydrogen (secondary N) is 1. The number of hydrogen-bond donors (Lipinski definition) is 1. The lowest BCUT2D eigenvalue weighted by atomic mass is 10.1. The van der Waals surface area contributed by atoms with Gasteiger partial charge in [0.05, 0.1) is 12.6 Å². The molecule has 1 amide bonds. The molecule has 0 aromatic carbocycles. The summed E-state index contributed by atoms with van der Waals surface area (Å²) in [5.41, 5.74) is 1.32. The number of amides is 1. The minimum atomic E-state index is 0.157. The van der Waals surface area contributed by atoms with E-state index in [1.54, 1.807) is 0 Å². The molecule has 1 N–H and O–H groups in total. The highest BCUT2D eigenvalue weighted by atomic mass is 32.1. The zero-order valence-electron chi connectivity index (χ0n) is 13.9. The fourth-order valence-electron chi connectivity index (χ4n) is 3.62. The normalized spacial score (nSPS) is 21.7. The Balaban J connectivity index is 1.45. The highest BCUT2D eigenvalue weighted by Gasteiger charge is 2.30. The summed E-state index contributed by atoms with van der Waals surface area (Å²) < 4.78 is 2.05. The minimum absolute atomic E-state index is 0.157. The van der Waals surface area contributed by atoms with Crippen molar-refractivity contribution in [3.63, 3.8) is 0 Å². The van der Waals surface area contributed by atoms with E-state index >= 15 is 0 Å². The van der Waals surface area contributed by atoms with Crippen LogP contribution >= 0.6 is 11.3 Å². The number of carbonyl (C=O) groups is 1. The van der Waals surface area contributed by atoms with Crippen LogP contribution in [0.15, 0.2) is 23.8 Å². The maximum Gasteiger partial charge on any atom is 0.237 e. The van der Waals surface area contributed by atoms with Crippen LogP contribution < -0.4 is 5.32 Å². The third-order valence-corrected chi connectivity index (χ3v) is 6.03. The fourth-order valence-corrected chi connectivity index (χ4v) is 4.51. The molecule has 2 aromatic heterocycles. The Labute approximate surface area is 146 Å². The summed E-state index contributed by atoms with van der Waals surface area (Å²) in [6, 6.07) is 2.31. The Kier molecular flexibility index (Phi) is 4.39. The summed E-state index contributed by atoms with van der Waals surface area (Å²) in [4.78, 5) is 23.0. The van der Waals surface area contributed by atoms with Crippen molar-refractivity contribution in [1.29, 1.82) is 0 Å². The van der Waals surface area contributed by atoms with E-state index in [-0.39, 0.29) is 11.9 Å². The molecule has 1 saturated heterocycles. The molecule has 0 aliphatic carbocycles. The second-order valence-corrected chi connectivity index (χ2v) is 7.52. The van der Waals surface area contributed by atoms with E-state index in [1.165, 1.54) is 10.4 Å². The summed E-state index contributed by atoms with van der Waals surface area (Å²) in [5, 5.41) is 5.56. The van der Waals surface area contributed by atoms with E-state index in [0.29, 0.717) is 6.54 Å². The van der Waals surface area contributed by atoms with Crippen LogP contribution in [0, 0.1) is 0 Å². The number of nitrogens with zero attached hydrogens (tertiary/aromatic N) is 4. The second-order valence-electron chi connectivity index (χ2n) is 6.52. The van der Waals surface area contributed by atoms with Gasteiger partial charge >= 0.3 is 0 Å². The Bertz CT molecular complexity index is 724. The van der Waals surface area contributed by atoms with Crippen LogP contribution in [0.25, 0.3) is 0 Å². The van der Waals surface area contributed by atoms with Gasteiger partial charge in [0.25, 0.3) is 0 Å². The van der Waals surface area contributed by atoms with Gasteiger partial charge in [-0.3, -0.25) is 9.69 Å². The molecule has 0 bridgehead atoms. The number of imidazole rings is 1. The van der Waals surface area contributed by atoms with Crippen molar-refractivity contribution in [2.75, 3.05) is 32.7 Å².